The van der Waals surface area contributed by atoms with Crippen LogP contribution >= 0.6 is 23.5 Å². The van der Waals surface area contributed by atoms with Gasteiger partial charge in [-0.25, -0.2) is 4.99 Å². The molecule has 1 aliphatic rings. The molecule has 2 aromatic carbocycles. The highest BCUT2D eigenvalue weighted by Gasteiger charge is 2.23. The van der Waals surface area contributed by atoms with E-state index in [2.05, 4.69) is 10.3 Å². The van der Waals surface area contributed by atoms with Crippen molar-refractivity contribution >= 4 is 52.3 Å². The number of nitrogens with one attached hydrogen (secondary N) is 1. The maximum atomic E-state index is 12.1. The minimum absolute atomic E-state index is 0.0233. The number of thioether (sulfide) groups is 2. The van der Waals surface area contributed by atoms with E-state index in [1.54, 1.807) is 36.0 Å². The highest BCUT2D eigenvalue weighted by atomic mass is 32.2. The number of benzene rings is 2. The van der Waals surface area contributed by atoms with Crippen molar-refractivity contribution in [1.29, 1.82) is 0 Å². The minimum atomic E-state index is -0.872. The Morgan fingerprint density at radius 1 is 1.19 bits per heavy atom. The highest BCUT2D eigenvalue weighted by Crippen LogP contribution is 2.28. The lowest BCUT2D eigenvalue weighted by molar-refractivity contribution is -0.136. The molecule has 1 saturated heterocycles. The van der Waals surface area contributed by atoms with Gasteiger partial charge in [0, 0.05) is 4.90 Å². The number of carboxylic acids is 1. The van der Waals surface area contributed by atoms with Crippen LogP contribution in [0.3, 0.4) is 0 Å². The van der Waals surface area contributed by atoms with E-state index >= 15 is 0 Å². The number of carbonyl (C=O) groups is 2. The third-order valence-corrected chi connectivity index (χ3v) is 5.24. The second-order valence-corrected chi connectivity index (χ2v) is 7.40. The number of aliphatic carboxylic acids is 1. The largest absolute Gasteiger partial charge is 0.481 e. The van der Waals surface area contributed by atoms with Gasteiger partial charge in [-0.15, -0.1) is 11.8 Å². The Labute approximate surface area is 159 Å². The van der Waals surface area contributed by atoms with Crippen molar-refractivity contribution in [3.8, 4) is 0 Å². The molecule has 132 valence electrons. The van der Waals surface area contributed by atoms with Gasteiger partial charge in [0.15, 0.2) is 5.17 Å². The van der Waals surface area contributed by atoms with Gasteiger partial charge >= 0.3 is 5.97 Å². The zero-order chi connectivity index (χ0) is 18.5. The molecule has 7 heteroatoms. The lowest BCUT2D eigenvalue weighted by atomic mass is 10.1. The second kappa shape index (κ2) is 8.25. The summed E-state index contributed by atoms with van der Waals surface area (Å²) in [5, 5.41) is 12.0. The molecule has 1 fully saturated rings. The number of rotatable bonds is 5. The molecule has 0 unspecified atom stereocenters. The van der Waals surface area contributed by atoms with Crippen LogP contribution in [-0.4, -0.2) is 28.4 Å². The van der Waals surface area contributed by atoms with Gasteiger partial charge in [-0.05, 0) is 59.5 Å². The Kier molecular flexibility index (Phi) is 5.80. The fraction of sp³-hybridized carbons (Fsp3) is 0.105. The maximum Gasteiger partial charge on any atom is 0.307 e. The van der Waals surface area contributed by atoms with Crippen LogP contribution in [0.1, 0.15) is 11.1 Å². The Morgan fingerprint density at radius 3 is 2.50 bits per heavy atom. The first kappa shape index (κ1) is 18.3. The predicted molar refractivity (Wildman–Crippen MR) is 107 cm³/mol. The first-order valence-corrected chi connectivity index (χ1v) is 9.82. The number of amidine groups is 1. The predicted octanol–water partition coefficient (Wildman–Crippen LogP) is 3.93. The summed E-state index contributed by atoms with van der Waals surface area (Å²) in [7, 11) is 0. The van der Waals surface area contributed by atoms with E-state index in [0.717, 1.165) is 5.56 Å². The van der Waals surface area contributed by atoms with Crippen LogP contribution in [0.2, 0.25) is 0 Å². The van der Waals surface area contributed by atoms with Gasteiger partial charge in [-0.3, -0.25) is 9.59 Å². The smallest absolute Gasteiger partial charge is 0.307 e. The average molecular weight is 384 g/mol. The van der Waals surface area contributed by atoms with E-state index in [0.29, 0.717) is 21.3 Å². The quantitative estimate of drug-likeness (QED) is 0.603. The summed E-state index contributed by atoms with van der Waals surface area (Å²) in [6, 6.07) is 14.9. The number of aliphatic imine (C=N–C) groups is 1. The second-order valence-electron chi connectivity index (χ2n) is 5.49. The van der Waals surface area contributed by atoms with Gasteiger partial charge in [-0.1, -0.05) is 24.3 Å². The molecule has 1 aliphatic heterocycles. The van der Waals surface area contributed by atoms with Crippen LogP contribution in [0.25, 0.3) is 6.08 Å². The number of carboxylic acid groups (broad SMARTS) is 1. The molecule has 26 heavy (non-hydrogen) atoms. The lowest BCUT2D eigenvalue weighted by Crippen LogP contribution is -2.19. The first-order valence-electron chi connectivity index (χ1n) is 7.78. The average Bonchev–Trinajstić information content (AvgIpc) is 2.96. The minimum Gasteiger partial charge on any atom is -0.481 e. The van der Waals surface area contributed by atoms with Crippen LogP contribution in [0.15, 0.2) is 63.3 Å². The van der Waals surface area contributed by atoms with Gasteiger partial charge in [0.05, 0.1) is 17.0 Å². The fourth-order valence-electron chi connectivity index (χ4n) is 2.31. The molecule has 0 spiro atoms. The molecule has 0 aliphatic carbocycles. The number of amides is 1. The van der Waals surface area contributed by atoms with Crippen molar-refractivity contribution in [2.24, 2.45) is 4.99 Å². The van der Waals surface area contributed by atoms with Crippen LogP contribution in [-0.2, 0) is 16.0 Å². The maximum absolute atomic E-state index is 12.1. The summed E-state index contributed by atoms with van der Waals surface area (Å²) in [5.41, 5.74) is 2.33. The van der Waals surface area contributed by atoms with Gasteiger partial charge in [0.1, 0.15) is 0 Å². The standard InChI is InChI=1S/C19H16N2O3S2/c1-25-15-8-4-12(5-9-15)10-16-18(24)21-19(26-16)20-14-6-2-13(3-7-14)11-17(22)23/h2-10H,11H2,1H3,(H,22,23)(H,20,21,24)/b16-10-. The summed E-state index contributed by atoms with van der Waals surface area (Å²) in [6.07, 6.45) is 3.83. The number of hydrogen-bond acceptors (Lipinski definition) is 5. The van der Waals surface area contributed by atoms with Crippen molar-refractivity contribution in [2.45, 2.75) is 11.3 Å². The molecule has 0 atom stereocenters. The SMILES string of the molecule is CSc1ccc(/C=C2\SC(=Nc3ccc(CC(=O)O)cc3)NC2=O)cc1. The highest BCUT2D eigenvalue weighted by molar-refractivity contribution is 8.18. The molecule has 0 saturated carbocycles. The fourth-order valence-corrected chi connectivity index (χ4v) is 3.56. The van der Waals surface area contributed by atoms with Gasteiger partial charge in [-0.2, -0.15) is 0 Å². The van der Waals surface area contributed by atoms with Gasteiger partial charge < -0.3 is 10.4 Å². The third kappa shape index (κ3) is 4.77. The molecular formula is C19H16N2O3S2. The molecule has 3 rings (SSSR count). The number of carbonyl (C=O) groups excluding carboxylic acids is 1. The molecule has 1 heterocycles. The van der Waals surface area contributed by atoms with Crippen molar-refractivity contribution in [3.05, 3.63) is 64.6 Å². The van der Waals surface area contributed by atoms with Crippen molar-refractivity contribution < 1.29 is 14.7 Å². The zero-order valence-corrected chi connectivity index (χ0v) is 15.6. The molecule has 0 bridgehead atoms. The van der Waals surface area contributed by atoms with Crippen LogP contribution in [0.5, 0.6) is 0 Å². The topological polar surface area (TPSA) is 78.8 Å². The number of nitrogens with zero attached hydrogens (tertiary/aromatic N) is 1. The Balaban J connectivity index is 1.72. The Hall–Kier alpha value is -2.51. The van der Waals surface area contributed by atoms with E-state index in [1.807, 2.05) is 36.6 Å². The van der Waals surface area contributed by atoms with E-state index in [4.69, 9.17) is 5.11 Å². The van der Waals surface area contributed by atoms with Crippen LogP contribution in [0, 0.1) is 0 Å². The first-order chi connectivity index (χ1) is 12.5. The molecular weight excluding hydrogens is 368 g/mol. The molecule has 5 nitrogen and oxygen atoms in total. The van der Waals surface area contributed by atoms with Crippen molar-refractivity contribution in [1.82, 2.24) is 5.32 Å². The van der Waals surface area contributed by atoms with Gasteiger partial charge in [0.2, 0.25) is 0 Å². The zero-order valence-electron chi connectivity index (χ0n) is 13.9. The Bertz CT molecular complexity index is 888. The molecule has 2 aromatic rings. The normalized spacial score (nSPS) is 16.9. The summed E-state index contributed by atoms with van der Waals surface area (Å²) in [5.74, 6) is -1.05. The lowest BCUT2D eigenvalue weighted by Gasteiger charge is -1.99. The summed E-state index contributed by atoms with van der Waals surface area (Å²) < 4.78 is 0. The molecule has 0 radical (unpaired) electrons. The monoisotopic (exact) mass is 384 g/mol. The van der Waals surface area contributed by atoms with Crippen LogP contribution < -0.4 is 5.32 Å². The third-order valence-electron chi connectivity index (χ3n) is 3.59. The van der Waals surface area contributed by atoms with Crippen molar-refractivity contribution in [2.75, 3.05) is 6.26 Å². The van der Waals surface area contributed by atoms with E-state index in [9.17, 15) is 9.59 Å². The van der Waals surface area contributed by atoms with E-state index in [1.165, 1.54) is 16.7 Å². The van der Waals surface area contributed by atoms with Crippen LogP contribution in [0.4, 0.5) is 5.69 Å². The summed E-state index contributed by atoms with van der Waals surface area (Å²) >= 11 is 2.95. The number of hydrogen-bond donors (Lipinski definition) is 2. The van der Waals surface area contributed by atoms with E-state index in [-0.39, 0.29) is 12.3 Å². The van der Waals surface area contributed by atoms with Crippen molar-refractivity contribution in [3.63, 3.8) is 0 Å². The summed E-state index contributed by atoms with van der Waals surface area (Å²) in [4.78, 5) is 29.0. The van der Waals surface area contributed by atoms with Gasteiger partial charge in [0.25, 0.3) is 5.91 Å². The van der Waals surface area contributed by atoms with E-state index < -0.39 is 5.97 Å². The molecule has 1 amide bonds. The molecule has 0 aromatic heterocycles. The summed E-state index contributed by atoms with van der Waals surface area (Å²) in [6.45, 7) is 0. The Morgan fingerprint density at radius 2 is 1.88 bits per heavy atom. The molecule has 2 N–H and O–H groups in total.